The molecule has 0 bridgehead atoms. The van der Waals surface area contributed by atoms with Gasteiger partial charge in [0.1, 0.15) is 5.76 Å². The van der Waals surface area contributed by atoms with Crippen LogP contribution in [0.4, 0.5) is 4.79 Å². The second-order valence-corrected chi connectivity index (χ2v) is 8.57. The van der Waals surface area contributed by atoms with Crippen LogP contribution in [-0.4, -0.2) is 36.8 Å². The standard InChI is InChI=1S/C23H32N2O4/c1-7-24-21(27)29-19-18(17-13-15(3)14(2)12-16(17)4)20(26)25-23(19)10-8-22(5,28-6)9-11-23/h12-13H,7-11H2,1-6H3,(H,24,27)(H,25,26). The van der Waals surface area contributed by atoms with Crippen molar-refractivity contribution in [1.82, 2.24) is 10.6 Å². The second-order valence-electron chi connectivity index (χ2n) is 8.57. The number of aryl methyl sites for hydroxylation is 3. The summed E-state index contributed by atoms with van der Waals surface area (Å²) in [7, 11) is 1.72. The average molecular weight is 401 g/mol. The summed E-state index contributed by atoms with van der Waals surface area (Å²) in [5, 5.41) is 5.85. The Morgan fingerprint density at radius 2 is 1.72 bits per heavy atom. The number of amides is 2. The first-order valence-electron chi connectivity index (χ1n) is 10.3. The summed E-state index contributed by atoms with van der Waals surface area (Å²) in [5.41, 5.74) is 3.64. The normalized spacial score (nSPS) is 26.6. The number of benzene rings is 1. The van der Waals surface area contributed by atoms with E-state index in [-0.39, 0.29) is 11.5 Å². The van der Waals surface area contributed by atoms with E-state index in [1.807, 2.05) is 26.8 Å². The molecule has 2 aliphatic rings. The molecule has 6 nitrogen and oxygen atoms in total. The number of carbonyl (C=O) groups excluding carboxylic acids is 2. The monoisotopic (exact) mass is 400 g/mol. The SMILES string of the molecule is CCNC(=O)OC1=C(c2cc(C)c(C)cc2C)C(=O)NC12CCC(C)(OC)CC2. The largest absolute Gasteiger partial charge is 0.412 e. The van der Waals surface area contributed by atoms with Crippen molar-refractivity contribution < 1.29 is 19.1 Å². The van der Waals surface area contributed by atoms with Crippen molar-refractivity contribution >= 4 is 17.6 Å². The van der Waals surface area contributed by atoms with Crippen LogP contribution >= 0.6 is 0 Å². The molecule has 0 aromatic heterocycles. The Balaban J connectivity index is 2.11. The predicted molar refractivity (Wildman–Crippen MR) is 112 cm³/mol. The van der Waals surface area contributed by atoms with Gasteiger partial charge in [-0.1, -0.05) is 12.1 Å². The Labute approximate surface area is 173 Å². The van der Waals surface area contributed by atoms with Gasteiger partial charge < -0.3 is 20.1 Å². The van der Waals surface area contributed by atoms with Gasteiger partial charge in [0.15, 0.2) is 0 Å². The summed E-state index contributed by atoms with van der Waals surface area (Å²) in [6, 6.07) is 4.09. The van der Waals surface area contributed by atoms with E-state index in [2.05, 4.69) is 30.5 Å². The molecule has 1 aromatic carbocycles. The van der Waals surface area contributed by atoms with Crippen LogP contribution in [0, 0.1) is 20.8 Å². The highest BCUT2D eigenvalue weighted by Crippen LogP contribution is 2.47. The van der Waals surface area contributed by atoms with E-state index in [1.54, 1.807) is 7.11 Å². The summed E-state index contributed by atoms with van der Waals surface area (Å²) >= 11 is 0. The molecule has 6 heteroatoms. The van der Waals surface area contributed by atoms with Crippen molar-refractivity contribution in [3.8, 4) is 0 Å². The lowest BCUT2D eigenvalue weighted by Crippen LogP contribution is -2.52. The molecule has 1 saturated carbocycles. The molecule has 0 unspecified atom stereocenters. The Morgan fingerprint density at radius 1 is 1.10 bits per heavy atom. The number of nitrogens with one attached hydrogen (secondary N) is 2. The minimum Gasteiger partial charge on any atom is -0.411 e. The van der Waals surface area contributed by atoms with Gasteiger partial charge in [0.25, 0.3) is 5.91 Å². The first kappa shape index (κ1) is 21.4. The summed E-state index contributed by atoms with van der Waals surface area (Å²) in [6.45, 7) is 10.4. The van der Waals surface area contributed by atoms with Crippen LogP contribution in [0.2, 0.25) is 0 Å². The highest BCUT2D eigenvalue weighted by atomic mass is 16.6. The molecule has 29 heavy (non-hydrogen) atoms. The van der Waals surface area contributed by atoms with Gasteiger partial charge >= 0.3 is 6.09 Å². The molecule has 1 spiro atoms. The van der Waals surface area contributed by atoms with E-state index < -0.39 is 11.6 Å². The van der Waals surface area contributed by atoms with E-state index in [0.717, 1.165) is 29.5 Å². The maximum absolute atomic E-state index is 13.2. The van der Waals surface area contributed by atoms with Crippen molar-refractivity contribution in [3.05, 3.63) is 40.1 Å². The van der Waals surface area contributed by atoms with E-state index in [4.69, 9.17) is 9.47 Å². The molecular formula is C23H32N2O4. The molecule has 1 aliphatic heterocycles. The number of alkyl carbamates (subject to hydrolysis) is 1. The predicted octanol–water partition coefficient (Wildman–Crippen LogP) is 3.92. The Hall–Kier alpha value is -2.34. The van der Waals surface area contributed by atoms with Gasteiger partial charge in [-0.05, 0) is 82.6 Å². The van der Waals surface area contributed by atoms with E-state index in [0.29, 0.717) is 30.7 Å². The van der Waals surface area contributed by atoms with Gasteiger partial charge in [-0.2, -0.15) is 0 Å². The quantitative estimate of drug-likeness (QED) is 0.803. The highest BCUT2D eigenvalue weighted by molar-refractivity contribution is 6.24. The molecule has 0 saturated heterocycles. The molecular weight excluding hydrogens is 368 g/mol. The third-order valence-corrected chi connectivity index (χ3v) is 6.52. The van der Waals surface area contributed by atoms with E-state index >= 15 is 0 Å². The van der Waals surface area contributed by atoms with Crippen molar-refractivity contribution in [2.75, 3.05) is 13.7 Å². The Bertz CT molecular complexity index is 864. The number of carbonyl (C=O) groups is 2. The highest BCUT2D eigenvalue weighted by Gasteiger charge is 2.52. The fraction of sp³-hybridized carbons (Fsp3) is 0.565. The van der Waals surface area contributed by atoms with Crippen molar-refractivity contribution in [2.24, 2.45) is 0 Å². The molecule has 0 radical (unpaired) electrons. The van der Waals surface area contributed by atoms with E-state index in [9.17, 15) is 9.59 Å². The van der Waals surface area contributed by atoms with Gasteiger partial charge in [0, 0.05) is 13.7 Å². The molecule has 0 atom stereocenters. The Morgan fingerprint density at radius 3 is 2.31 bits per heavy atom. The number of hydrogen-bond donors (Lipinski definition) is 2. The molecule has 1 fully saturated rings. The molecule has 3 rings (SSSR count). The van der Waals surface area contributed by atoms with Gasteiger partial charge in [-0.25, -0.2) is 4.79 Å². The number of ether oxygens (including phenoxy) is 2. The summed E-state index contributed by atoms with van der Waals surface area (Å²) in [6.07, 6.45) is 2.32. The van der Waals surface area contributed by atoms with Crippen LogP contribution in [-0.2, 0) is 14.3 Å². The lowest BCUT2D eigenvalue weighted by Gasteiger charge is -2.42. The van der Waals surface area contributed by atoms with Crippen LogP contribution in [0.15, 0.2) is 17.9 Å². The van der Waals surface area contributed by atoms with Gasteiger partial charge in [-0.15, -0.1) is 0 Å². The molecule has 1 heterocycles. The zero-order chi connectivity index (χ0) is 21.4. The van der Waals surface area contributed by atoms with Crippen molar-refractivity contribution in [1.29, 1.82) is 0 Å². The molecule has 2 amide bonds. The van der Waals surface area contributed by atoms with Crippen LogP contribution in [0.5, 0.6) is 0 Å². The fourth-order valence-electron chi connectivity index (χ4n) is 4.34. The van der Waals surface area contributed by atoms with E-state index in [1.165, 1.54) is 5.56 Å². The first-order chi connectivity index (χ1) is 13.6. The maximum atomic E-state index is 13.2. The lowest BCUT2D eigenvalue weighted by molar-refractivity contribution is -0.117. The number of rotatable bonds is 4. The van der Waals surface area contributed by atoms with Crippen LogP contribution in [0.3, 0.4) is 0 Å². The fourth-order valence-corrected chi connectivity index (χ4v) is 4.34. The Kier molecular flexibility index (Phi) is 5.77. The first-order valence-corrected chi connectivity index (χ1v) is 10.3. The zero-order valence-electron chi connectivity index (χ0n) is 18.3. The minimum atomic E-state index is -0.680. The number of hydrogen-bond acceptors (Lipinski definition) is 4. The molecule has 158 valence electrons. The smallest absolute Gasteiger partial charge is 0.411 e. The minimum absolute atomic E-state index is 0.184. The summed E-state index contributed by atoms with van der Waals surface area (Å²) < 4.78 is 11.5. The molecule has 1 aromatic rings. The van der Waals surface area contributed by atoms with Crippen LogP contribution in [0.25, 0.3) is 5.57 Å². The zero-order valence-corrected chi connectivity index (χ0v) is 18.3. The van der Waals surface area contributed by atoms with Crippen molar-refractivity contribution in [3.63, 3.8) is 0 Å². The average Bonchev–Trinajstić information content (AvgIpc) is 2.93. The second kappa shape index (κ2) is 7.82. The maximum Gasteiger partial charge on any atom is 0.412 e. The topological polar surface area (TPSA) is 76.7 Å². The lowest BCUT2D eigenvalue weighted by atomic mass is 9.74. The van der Waals surface area contributed by atoms with Gasteiger partial charge in [0.2, 0.25) is 0 Å². The van der Waals surface area contributed by atoms with Crippen molar-refractivity contribution in [2.45, 2.75) is 71.4 Å². The summed E-state index contributed by atoms with van der Waals surface area (Å²) in [5.74, 6) is 0.259. The third-order valence-electron chi connectivity index (χ3n) is 6.52. The number of methoxy groups -OCH3 is 1. The van der Waals surface area contributed by atoms with Crippen LogP contribution in [0.1, 0.15) is 61.8 Å². The third kappa shape index (κ3) is 3.90. The van der Waals surface area contributed by atoms with Crippen LogP contribution < -0.4 is 10.6 Å². The molecule has 1 aliphatic carbocycles. The van der Waals surface area contributed by atoms with Gasteiger partial charge in [0.05, 0.1) is 16.7 Å². The molecule has 2 N–H and O–H groups in total. The summed E-state index contributed by atoms with van der Waals surface area (Å²) in [4.78, 5) is 25.5. The van der Waals surface area contributed by atoms with Gasteiger partial charge in [-0.3, -0.25) is 4.79 Å².